The Morgan fingerprint density at radius 1 is 1.15 bits per heavy atom. The molecule has 0 saturated carbocycles. The molecule has 3 N–H and O–H groups in total. The summed E-state index contributed by atoms with van der Waals surface area (Å²) in [6.45, 7) is 4.10. The van der Waals surface area contributed by atoms with E-state index in [1.807, 2.05) is 0 Å². The van der Waals surface area contributed by atoms with Crippen molar-refractivity contribution >= 4 is 11.5 Å². The number of methoxy groups -OCH3 is 2. The summed E-state index contributed by atoms with van der Waals surface area (Å²) in [5.74, 6) is 1.49. The summed E-state index contributed by atoms with van der Waals surface area (Å²) >= 11 is 0. The molecule has 0 aliphatic heterocycles. The average molecular weight is 284 g/mol. The van der Waals surface area contributed by atoms with Crippen molar-refractivity contribution in [3.63, 3.8) is 0 Å². The smallest absolute Gasteiger partial charge is 0.243 e. The number of hydrogen-bond acceptors (Lipinski definition) is 7. The van der Waals surface area contributed by atoms with E-state index in [9.17, 15) is 0 Å². The Balaban J connectivity index is 2.83. The number of nitrogens with zero attached hydrogens (tertiary/aromatic N) is 2. The van der Waals surface area contributed by atoms with Gasteiger partial charge in [0.25, 0.3) is 0 Å². The highest BCUT2D eigenvalue weighted by Gasteiger charge is 2.12. The van der Waals surface area contributed by atoms with E-state index < -0.39 is 0 Å². The molecule has 0 radical (unpaired) electrons. The normalized spacial score (nSPS) is 10.6. The molecule has 0 amide bonds. The van der Waals surface area contributed by atoms with Gasteiger partial charge in [0.05, 0.1) is 6.61 Å². The van der Waals surface area contributed by atoms with E-state index in [2.05, 4.69) is 22.2 Å². The lowest BCUT2D eigenvalue weighted by Crippen LogP contribution is -2.13. The van der Waals surface area contributed by atoms with Gasteiger partial charge in [-0.2, -0.15) is 4.98 Å². The van der Waals surface area contributed by atoms with E-state index in [1.165, 1.54) is 0 Å². The van der Waals surface area contributed by atoms with Gasteiger partial charge in [-0.3, -0.25) is 0 Å². The van der Waals surface area contributed by atoms with Crippen LogP contribution in [0.5, 0.6) is 5.88 Å². The molecular weight excluding hydrogens is 260 g/mol. The van der Waals surface area contributed by atoms with Crippen LogP contribution in [0.4, 0.5) is 11.5 Å². The number of rotatable bonds is 10. The van der Waals surface area contributed by atoms with E-state index in [0.29, 0.717) is 43.0 Å². The molecule has 114 valence electrons. The van der Waals surface area contributed by atoms with Crippen LogP contribution in [0.15, 0.2) is 0 Å². The van der Waals surface area contributed by atoms with Crippen LogP contribution in [0.3, 0.4) is 0 Å². The number of aromatic nitrogens is 2. The van der Waals surface area contributed by atoms with Gasteiger partial charge in [-0.1, -0.05) is 13.3 Å². The molecule has 0 fully saturated rings. The van der Waals surface area contributed by atoms with Crippen LogP contribution in [0, 0.1) is 0 Å². The number of unbranched alkanes of at least 4 members (excludes halogenated alkanes) is 1. The number of anilines is 2. The second-order valence-electron chi connectivity index (χ2n) is 4.26. The molecule has 1 heterocycles. The van der Waals surface area contributed by atoms with E-state index in [4.69, 9.17) is 19.9 Å². The summed E-state index contributed by atoms with van der Waals surface area (Å²) in [6.07, 6.45) is 2.14. The molecule has 0 atom stereocenters. The highest BCUT2D eigenvalue weighted by molar-refractivity contribution is 5.66. The average Bonchev–Trinajstić information content (AvgIpc) is 2.44. The van der Waals surface area contributed by atoms with Gasteiger partial charge >= 0.3 is 0 Å². The van der Waals surface area contributed by atoms with Crippen molar-refractivity contribution < 1.29 is 14.2 Å². The third-order valence-electron chi connectivity index (χ3n) is 2.58. The van der Waals surface area contributed by atoms with E-state index in [0.717, 1.165) is 19.4 Å². The molecule has 1 aromatic heterocycles. The quantitative estimate of drug-likeness (QED) is 0.628. The van der Waals surface area contributed by atoms with Crippen LogP contribution < -0.4 is 15.8 Å². The molecule has 7 nitrogen and oxygen atoms in total. The van der Waals surface area contributed by atoms with Gasteiger partial charge in [-0.15, -0.1) is 0 Å². The number of nitrogen functional groups attached to an aromatic ring is 1. The first-order valence-corrected chi connectivity index (χ1v) is 6.73. The zero-order chi connectivity index (χ0) is 14.8. The van der Waals surface area contributed by atoms with Crippen LogP contribution in [-0.4, -0.2) is 43.9 Å². The molecule has 1 aromatic rings. The third kappa shape index (κ3) is 5.18. The molecular formula is C13H24N4O3. The highest BCUT2D eigenvalue weighted by atomic mass is 16.5. The summed E-state index contributed by atoms with van der Waals surface area (Å²) < 4.78 is 15.5. The third-order valence-corrected chi connectivity index (χ3v) is 2.58. The van der Waals surface area contributed by atoms with Gasteiger partial charge in [0.15, 0.2) is 11.6 Å². The van der Waals surface area contributed by atoms with Gasteiger partial charge in [0, 0.05) is 20.8 Å². The summed E-state index contributed by atoms with van der Waals surface area (Å²) in [5, 5.41) is 3.20. The first kappa shape index (κ1) is 16.5. The molecule has 0 unspecified atom stereocenters. The molecule has 7 heteroatoms. The lowest BCUT2D eigenvalue weighted by Gasteiger charge is -2.13. The largest absolute Gasteiger partial charge is 0.474 e. The highest BCUT2D eigenvalue weighted by Crippen LogP contribution is 2.26. The minimum absolute atomic E-state index is 0.309. The second kappa shape index (κ2) is 9.33. The molecule has 0 aromatic carbocycles. The first-order chi connectivity index (χ1) is 9.72. The fourth-order valence-corrected chi connectivity index (χ4v) is 1.54. The van der Waals surface area contributed by atoms with Crippen LogP contribution in [0.2, 0.25) is 0 Å². The Morgan fingerprint density at radius 2 is 1.95 bits per heavy atom. The Hall–Kier alpha value is -1.60. The van der Waals surface area contributed by atoms with Crippen LogP contribution in [0.1, 0.15) is 25.6 Å². The van der Waals surface area contributed by atoms with Crippen molar-refractivity contribution in [2.75, 3.05) is 45.0 Å². The fourth-order valence-electron chi connectivity index (χ4n) is 1.54. The summed E-state index contributed by atoms with van der Waals surface area (Å²) in [4.78, 5) is 8.58. The maximum absolute atomic E-state index is 6.02. The number of nitrogens with one attached hydrogen (secondary N) is 1. The molecule has 0 bridgehead atoms. The predicted octanol–water partition coefficient (Wildman–Crippen LogP) is 1.44. The molecule has 20 heavy (non-hydrogen) atoms. The van der Waals surface area contributed by atoms with Gasteiger partial charge in [-0.05, 0) is 6.42 Å². The van der Waals surface area contributed by atoms with Crippen molar-refractivity contribution in [2.24, 2.45) is 0 Å². The SMILES string of the molecule is CCCCNc1nc(COC)nc(OCCOC)c1N. The zero-order valence-corrected chi connectivity index (χ0v) is 12.4. The number of hydrogen-bond donors (Lipinski definition) is 2. The van der Waals surface area contributed by atoms with Crippen molar-refractivity contribution in [3.05, 3.63) is 5.82 Å². The predicted molar refractivity (Wildman–Crippen MR) is 77.9 cm³/mol. The van der Waals surface area contributed by atoms with Gasteiger partial charge in [0.2, 0.25) is 5.88 Å². The molecule has 0 aliphatic rings. The fraction of sp³-hybridized carbons (Fsp3) is 0.692. The van der Waals surface area contributed by atoms with Crippen molar-refractivity contribution in [3.8, 4) is 5.88 Å². The Labute approximate surface area is 119 Å². The number of ether oxygens (including phenoxy) is 3. The van der Waals surface area contributed by atoms with E-state index in [1.54, 1.807) is 14.2 Å². The lowest BCUT2D eigenvalue weighted by molar-refractivity contribution is 0.142. The summed E-state index contributed by atoms with van der Waals surface area (Å²) in [7, 11) is 3.20. The lowest BCUT2D eigenvalue weighted by atomic mass is 10.3. The Kier molecular flexibility index (Phi) is 7.67. The minimum Gasteiger partial charge on any atom is -0.474 e. The van der Waals surface area contributed by atoms with Gasteiger partial charge in [0.1, 0.15) is 18.9 Å². The Morgan fingerprint density at radius 3 is 2.60 bits per heavy atom. The standard InChI is InChI=1S/C13H24N4O3/c1-4-5-6-15-12-11(14)13(20-8-7-18-2)17-10(16-12)9-19-3/h4-9,14H2,1-3H3,(H,15,16,17). The topological polar surface area (TPSA) is 91.5 Å². The van der Waals surface area contributed by atoms with Crippen molar-refractivity contribution in [1.29, 1.82) is 0 Å². The monoisotopic (exact) mass is 284 g/mol. The minimum atomic E-state index is 0.309. The molecule has 0 spiro atoms. The molecule has 0 saturated heterocycles. The number of nitrogens with two attached hydrogens (primary N) is 1. The maximum atomic E-state index is 6.02. The summed E-state index contributed by atoms with van der Waals surface area (Å²) in [5.41, 5.74) is 6.43. The van der Waals surface area contributed by atoms with E-state index in [-0.39, 0.29) is 0 Å². The Bertz CT molecular complexity index is 370. The first-order valence-electron chi connectivity index (χ1n) is 6.73. The van der Waals surface area contributed by atoms with Crippen LogP contribution >= 0.6 is 0 Å². The maximum Gasteiger partial charge on any atom is 0.243 e. The summed E-state index contributed by atoms with van der Waals surface area (Å²) in [6, 6.07) is 0. The molecule has 0 aliphatic carbocycles. The van der Waals surface area contributed by atoms with Gasteiger partial charge in [-0.25, -0.2) is 4.98 Å². The molecule has 1 rings (SSSR count). The van der Waals surface area contributed by atoms with E-state index >= 15 is 0 Å². The van der Waals surface area contributed by atoms with Crippen molar-refractivity contribution in [1.82, 2.24) is 9.97 Å². The van der Waals surface area contributed by atoms with Crippen molar-refractivity contribution in [2.45, 2.75) is 26.4 Å². The zero-order valence-electron chi connectivity index (χ0n) is 12.4. The second-order valence-corrected chi connectivity index (χ2v) is 4.26. The van der Waals surface area contributed by atoms with Gasteiger partial charge < -0.3 is 25.3 Å². The van der Waals surface area contributed by atoms with Crippen LogP contribution in [-0.2, 0) is 16.1 Å². The van der Waals surface area contributed by atoms with Crippen LogP contribution in [0.25, 0.3) is 0 Å².